The summed E-state index contributed by atoms with van der Waals surface area (Å²) in [6.07, 6.45) is -0.628. The van der Waals surface area contributed by atoms with E-state index in [0.29, 0.717) is 6.54 Å². The van der Waals surface area contributed by atoms with E-state index in [1.54, 1.807) is 6.92 Å². The van der Waals surface area contributed by atoms with Crippen molar-refractivity contribution in [1.82, 2.24) is 5.06 Å². The van der Waals surface area contributed by atoms with Crippen LogP contribution in [0.5, 0.6) is 0 Å². The van der Waals surface area contributed by atoms with Crippen molar-refractivity contribution < 1.29 is 19.1 Å². The molecule has 6 heteroatoms. The van der Waals surface area contributed by atoms with E-state index in [1.807, 2.05) is 30.3 Å². The summed E-state index contributed by atoms with van der Waals surface area (Å²) >= 11 is 0. The molecule has 0 saturated carbocycles. The fourth-order valence-electron chi connectivity index (χ4n) is 1.13. The molecule has 2 atom stereocenters. The number of rotatable bonds is 6. The van der Waals surface area contributed by atoms with Crippen LogP contribution in [0.1, 0.15) is 12.5 Å². The largest absolute Gasteiger partial charge is 0.331 e. The molecule has 1 aromatic carbocycles. The normalized spacial score (nSPS) is 15.1. The van der Waals surface area contributed by atoms with Crippen LogP contribution in [0, 0.1) is 0 Å². The minimum atomic E-state index is -1.93. The molecule has 0 radical (unpaired) electrons. The molecule has 0 saturated heterocycles. The zero-order chi connectivity index (χ0) is 12.0. The van der Waals surface area contributed by atoms with Crippen molar-refractivity contribution >= 4 is 8.60 Å². The van der Waals surface area contributed by atoms with Crippen molar-refractivity contribution in [1.29, 1.82) is 0 Å². The van der Waals surface area contributed by atoms with E-state index in [1.165, 1.54) is 7.11 Å². The molecule has 2 N–H and O–H groups in total. The number of hydroxylamine groups is 2. The molecule has 0 aliphatic heterocycles. The minimum absolute atomic E-state index is 0.328. The predicted octanol–water partition coefficient (Wildman–Crippen LogP) is 2.11. The molecule has 0 aromatic heterocycles. The summed E-state index contributed by atoms with van der Waals surface area (Å²) in [5, 5.41) is 10.7. The maximum atomic E-state index is 9.67. The molecule has 0 spiro atoms. The average Bonchev–Trinajstić information content (AvgIpc) is 2.30. The molecule has 16 heavy (non-hydrogen) atoms. The lowest BCUT2D eigenvalue weighted by atomic mass is 10.2. The highest BCUT2D eigenvalue weighted by atomic mass is 31.2. The number of hydrogen-bond acceptors (Lipinski definition) is 5. The third-order valence-electron chi connectivity index (χ3n) is 2.01. The number of hydrogen-bond donors (Lipinski definition) is 2. The third-order valence-corrected chi connectivity index (χ3v) is 2.80. The Labute approximate surface area is 96.2 Å². The van der Waals surface area contributed by atoms with E-state index < -0.39 is 14.8 Å². The van der Waals surface area contributed by atoms with E-state index in [0.717, 1.165) is 10.6 Å². The van der Waals surface area contributed by atoms with Gasteiger partial charge >= 0.3 is 8.60 Å². The van der Waals surface area contributed by atoms with Gasteiger partial charge in [-0.3, -0.25) is 4.52 Å². The van der Waals surface area contributed by atoms with E-state index in [9.17, 15) is 5.21 Å². The van der Waals surface area contributed by atoms with Gasteiger partial charge in [-0.05, 0) is 12.5 Å². The van der Waals surface area contributed by atoms with Crippen molar-refractivity contribution in [3.63, 3.8) is 0 Å². The monoisotopic (exact) mass is 245 g/mol. The number of nitrogens with zero attached hydrogens (tertiary/aromatic N) is 1. The quantitative estimate of drug-likeness (QED) is 0.456. The lowest BCUT2D eigenvalue weighted by Gasteiger charge is -2.23. The first-order valence-electron chi connectivity index (χ1n) is 4.83. The van der Waals surface area contributed by atoms with Gasteiger partial charge in [0.25, 0.3) is 0 Å². The Balaban J connectivity index is 2.43. The smallest absolute Gasteiger partial charge is 0.328 e. The summed E-state index contributed by atoms with van der Waals surface area (Å²) in [6, 6.07) is 9.48. The van der Waals surface area contributed by atoms with Crippen LogP contribution in [0.3, 0.4) is 0 Å². The zero-order valence-electron chi connectivity index (χ0n) is 9.28. The fourth-order valence-corrected chi connectivity index (χ4v) is 1.58. The fraction of sp³-hybridized carbons (Fsp3) is 0.400. The summed E-state index contributed by atoms with van der Waals surface area (Å²) in [6.45, 7) is 1.96. The predicted molar refractivity (Wildman–Crippen MR) is 60.5 cm³/mol. The Kier molecular flexibility index (Phi) is 5.84. The third kappa shape index (κ3) is 4.53. The standard InChI is InChI=1S/C10H16NO4P/c1-9(15-16(13)14-2)11(12)8-10-6-4-3-5-7-10/h3-7,9,12-13H,8H2,1-2H3. The summed E-state index contributed by atoms with van der Waals surface area (Å²) in [7, 11) is -0.582. The lowest BCUT2D eigenvalue weighted by molar-refractivity contribution is -0.188. The first-order valence-corrected chi connectivity index (χ1v) is 5.96. The lowest BCUT2D eigenvalue weighted by Crippen LogP contribution is -2.30. The second-order valence-electron chi connectivity index (χ2n) is 3.21. The SMILES string of the molecule is COP(O)OC(C)N(O)Cc1ccccc1. The van der Waals surface area contributed by atoms with Gasteiger partial charge in [0.2, 0.25) is 0 Å². The van der Waals surface area contributed by atoms with Crippen LogP contribution in [0.25, 0.3) is 0 Å². The molecular weight excluding hydrogens is 229 g/mol. The molecule has 1 aromatic rings. The van der Waals surface area contributed by atoms with Crippen LogP contribution in [-0.4, -0.2) is 28.5 Å². The maximum absolute atomic E-state index is 9.67. The molecule has 0 fully saturated rings. The first-order chi connectivity index (χ1) is 7.63. The van der Waals surface area contributed by atoms with Gasteiger partial charge in [-0.15, -0.1) is 0 Å². The first kappa shape index (κ1) is 13.5. The molecule has 2 unspecified atom stereocenters. The van der Waals surface area contributed by atoms with Crippen LogP contribution < -0.4 is 0 Å². The van der Waals surface area contributed by atoms with Gasteiger partial charge in [0, 0.05) is 7.11 Å². The highest BCUT2D eigenvalue weighted by Gasteiger charge is 2.17. The van der Waals surface area contributed by atoms with Gasteiger partial charge in [-0.2, -0.15) is 5.06 Å². The highest BCUT2D eigenvalue weighted by Crippen LogP contribution is 2.33. The second-order valence-corrected chi connectivity index (χ2v) is 4.26. The van der Waals surface area contributed by atoms with Gasteiger partial charge in [0.1, 0.15) is 6.23 Å². The van der Waals surface area contributed by atoms with Crippen LogP contribution in [0.2, 0.25) is 0 Å². The molecule has 1 rings (SSSR count). The molecule has 90 valence electrons. The van der Waals surface area contributed by atoms with Gasteiger partial charge < -0.3 is 14.6 Å². The average molecular weight is 245 g/mol. The summed E-state index contributed by atoms with van der Waals surface area (Å²) in [5.74, 6) is 0. The summed E-state index contributed by atoms with van der Waals surface area (Å²) in [5.41, 5.74) is 0.958. The molecule has 0 aliphatic carbocycles. The Morgan fingerprint density at radius 1 is 1.38 bits per heavy atom. The molecule has 0 heterocycles. The molecule has 0 amide bonds. The molecule has 0 bridgehead atoms. The summed E-state index contributed by atoms with van der Waals surface area (Å²) < 4.78 is 9.59. The molecule has 5 nitrogen and oxygen atoms in total. The Morgan fingerprint density at radius 3 is 2.56 bits per heavy atom. The highest BCUT2D eigenvalue weighted by molar-refractivity contribution is 7.40. The Bertz CT molecular complexity index is 298. The van der Waals surface area contributed by atoms with Crippen molar-refractivity contribution in [2.45, 2.75) is 19.7 Å². The van der Waals surface area contributed by atoms with E-state index >= 15 is 0 Å². The van der Waals surface area contributed by atoms with Crippen molar-refractivity contribution in [2.24, 2.45) is 0 Å². The van der Waals surface area contributed by atoms with E-state index in [2.05, 4.69) is 4.52 Å². The second kappa shape index (κ2) is 6.91. The molecular formula is C10H16NO4P. The Hall–Kier alpha value is -0.550. The van der Waals surface area contributed by atoms with E-state index in [4.69, 9.17) is 9.42 Å². The zero-order valence-corrected chi connectivity index (χ0v) is 10.2. The van der Waals surface area contributed by atoms with Crippen molar-refractivity contribution in [3.05, 3.63) is 35.9 Å². The Morgan fingerprint density at radius 2 is 2.00 bits per heavy atom. The van der Waals surface area contributed by atoms with Crippen LogP contribution >= 0.6 is 8.60 Å². The van der Waals surface area contributed by atoms with Crippen LogP contribution in [0.15, 0.2) is 30.3 Å². The van der Waals surface area contributed by atoms with Gasteiger partial charge in [0.05, 0.1) is 6.54 Å². The van der Waals surface area contributed by atoms with Crippen LogP contribution in [0.4, 0.5) is 0 Å². The minimum Gasteiger partial charge on any atom is -0.328 e. The van der Waals surface area contributed by atoms with Gasteiger partial charge in [-0.25, -0.2) is 0 Å². The molecule has 0 aliphatic rings. The topological polar surface area (TPSA) is 62.2 Å². The number of benzene rings is 1. The van der Waals surface area contributed by atoms with E-state index in [-0.39, 0.29) is 0 Å². The van der Waals surface area contributed by atoms with Gasteiger partial charge in [0.15, 0.2) is 0 Å². The van der Waals surface area contributed by atoms with Crippen molar-refractivity contribution in [2.75, 3.05) is 7.11 Å². The van der Waals surface area contributed by atoms with Crippen LogP contribution in [-0.2, 0) is 15.6 Å². The van der Waals surface area contributed by atoms with Crippen molar-refractivity contribution in [3.8, 4) is 0 Å². The van der Waals surface area contributed by atoms with Gasteiger partial charge in [-0.1, -0.05) is 30.3 Å². The summed E-state index contributed by atoms with van der Waals surface area (Å²) in [4.78, 5) is 9.13. The maximum Gasteiger partial charge on any atom is 0.331 e.